The zero-order valence-corrected chi connectivity index (χ0v) is 14.3. The molecule has 3 rings (SSSR count). The van der Waals surface area contributed by atoms with Crippen LogP contribution in [0.2, 0.25) is 0 Å². The normalized spacial score (nSPS) is 11.4. The number of H-pyrrole nitrogens is 1. The third-order valence-electron chi connectivity index (χ3n) is 3.61. The molecule has 0 radical (unpaired) electrons. The number of rotatable bonds is 3. The molecule has 2 heterocycles. The molecule has 0 aliphatic rings. The van der Waals surface area contributed by atoms with Crippen LogP contribution in [0.15, 0.2) is 41.2 Å². The molecule has 0 atom stereocenters. The van der Waals surface area contributed by atoms with Crippen molar-refractivity contribution in [2.45, 2.75) is 20.0 Å². The van der Waals surface area contributed by atoms with Crippen molar-refractivity contribution in [1.29, 1.82) is 0 Å². The van der Waals surface area contributed by atoms with Crippen LogP contribution in [-0.2, 0) is 6.18 Å². The first-order chi connectivity index (χ1) is 12.6. The molecular formula is C17H14F3N5O2. The number of hydrogen-bond acceptors (Lipinski definition) is 4. The Balaban J connectivity index is 1.90. The Morgan fingerprint density at radius 3 is 2.37 bits per heavy atom. The molecule has 1 aromatic carbocycles. The Morgan fingerprint density at radius 2 is 1.78 bits per heavy atom. The molecule has 10 heteroatoms. The van der Waals surface area contributed by atoms with Crippen LogP contribution in [0.1, 0.15) is 27.3 Å². The summed E-state index contributed by atoms with van der Waals surface area (Å²) < 4.78 is 39.1. The molecule has 0 fully saturated rings. The second-order valence-electron chi connectivity index (χ2n) is 5.82. The molecule has 0 unspecified atom stereocenters. The largest absolute Gasteiger partial charge is 0.416 e. The summed E-state index contributed by atoms with van der Waals surface area (Å²) in [5.41, 5.74) is -0.185. The van der Waals surface area contributed by atoms with E-state index in [1.165, 1.54) is 10.7 Å². The Bertz CT molecular complexity index is 1050. The van der Waals surface area contributed by atoms with Gasteiger partial charge in [0.25, 0.3) is 11.5 Å². The number of carbonyl (C=O) groups excluding carboxylic acids is 1. The molecule has 0 spiro atoms. The number of carbonyl (C=O) groups is 1. The maximum Gasteiger partial charge on any atom is 0.416 e. The Hall–Kier alpha value is -3.43. The van der Waals surface area contributed by atoms with Crippen molar-refractivity contribution in [3.63, 3.8) is 0 Å². The monoisotopic (exact) mass is 377 g/mol. The molecule has 2 aromatic heterocycles. The van der Waals surface area contributed by atoms with E-state index in [-0.39, 0.29) is 22.9 Å². The molecule has 1 amide bonds. The lowest BCUT2D eigenvalue weighted by molar-refractivity contribution is -0.137. The molecule has 0 saturated carbocycles. The number of alkyl halides is 3. The van der Waals surface area contributed by atoms with Gasteiger partial charge in [0, 0.05) is 23.4 Å². The van der Waals surface area contributed by atoms with Gasteiger partial charge in [-0.3, -0.25) is 14.6 Å². The molecule has 140 valence electrons. The minimum Gasteiger partial charge on any atom is -0.306 e. The summed E-state index contributed by atoms with van der Waals surface area (Å²) in [6.07, 6.45) is -4.48. The van der Waals surface area contributed by atoms with E-state index >= 15 is 0 Å². The maximum atomic E-state index is 12.6. The van der Waals surface area contributed by atoms with Crippen LogP contribution in [-0.4, -0.2) is 25.7 Å². The molecule has 2 N–H and O–H groups in total. The number of nitrogens with zero attached hydrogens (tertiary/aromatic N) is 3. The van der Waals surface area contributed by atoms with Gasteiger partial charge in [0.2, 0.25) is 5.95 Å². The highest BCUT2D eigenvalue weighted by atomic mass is 19.4. The third-order valence-corrected chi connectivity index (χ3v) is 3.61. The highest BCUT2D eigenvalue weighted by Crippen LogP contribution is 2.29. The topological polar surface area (TPSA) is 92.7 Å². The average Bonchev–Trinajstić information content (AvgIpc) is 2.93. The van der Waals surface area contributed by atoms with Gasteiger partial charge in [0.15, 0.2) is 0 Å². The summed E-state index contributed by atoms with van der Waals surface area (Å²) in [7, 11) is 0. The fraction of sp³-hybridized carbons (Fsp3) is 0.176. The molecule has 27 heavy (non-hydrogen) atoms. The van der Waals surface area contributed by atoms with Gasteiger partial charge in [-0.15, -0.1) is 0 Å². The van der Waals surface area contributed by atoms with Crippen molar-refractivity contribution in [2.24, 2.45) is 0 Å². The van der Waals surface area contributed by atoms with E-state index < -0.39 is 17.6 Å². The highest BCUT2D eigenvalue weighted by molar-refractivity contribution is 6.03. The van der Waals surface area contributed by atoms with E-state index in [1.807, 2.05) is 0 Å². The maximum absolute atomic E-state index is 12.6. The fourth-order valence-electron chi connectivity index (χ4n) is 2.41. The number of aromatic amines is 1. The predicted octanol–water partition coefficient (Wildman–Crippen LogP) is 2.84. The van der Waals surface area contributed by atoms with Gasteiger partial charge in [-0.05, 0) is 38.1 Å². The average molecular weight is 377 g/mol. The van der Waals surface area contributed by atoms with E-state index in [1.54, 1.807) is 19.9 Å². The summed E-state index contributed by atoms with van der Waals surface area (Å²) in [6.45, 7) is 3.31. The zero-order chi connectivity index (χ0) is 19.8. The Labute approximate surface area is 150 Å². The molecule has 0 aliphatic heterocycles. The first-order valence-electron chi connectivity index (χ1n) is 7.77. The van der Waals surface area contributed by atoms with Crippen molar-refractivity contribution < 1.29 is 18.0 Å². The van der Waals surface area contributed by atoms with Crippen molar-refractivity contribution in [1.82, 2.24) is 19.7 Å². The van der Waals surface area contributed by atoms with Gasteiger partial charge >= 0.3 is 6.18 Å². The summed E-state index contributed by atoms with van der Waals surface area (Å²) >= 11 is 0. The smallest absolute Gasteiger partial charge is 0.306 e. The molecule has 0 bridgehead atoms. The van der Waals surface area contributed by atoms with E-state index in [0.29, 0.717) is 11.4 Å². The van der Waals surface area contributed by atoms with Crippen LogP contribution < -0.4 is 10.9 Å². The number of halogens is 3. The number of hydrogen-bond donors (Lipinski definition) is 2. The van der Waals surface area contributed by atoms with Crippen LogP contribution in [0.3, 0.4) is 0 Å². The third kappa shape index (κ3) is 4.05. The first-order valence-corrected chi connectivity index (χ1v) is 7.77. The number of amides is 1. The van der Waals surface area contributed by atoms with Crippen molar-refractivity contribution >= 4 is 11.7 Å². The van der Waals surface area contributed by atoms with E-state index in [0.717, 1.165) is 24.3 Å². The van der Waals surface area contributed by atoms with Crippen LogP contribution >= 0.6 is 0 Å². The lowest BCUT2D eigenvalue weighted by Crippen LogP contribution is -2.19. The van der Waals surface area contributed by atoms with E-state index in [4.69, 9.17) is 0 Å². The van der Waals surface area contributed by atoms with Gasteiger partial charge < -0.3 is 5.32 Å². The standard InChI is InChI=1S/C17H14F3N5O2/c1-9-8-14(26)23-16(21-9)25-13(7-10(2)24-25)22-15(27)11-3-5-12(6-4-11)17(18,19)20/h3-8H,1-2H3,(H,22,27)(H,21,23,26). The fourth-order valence-corrected chi connectivity index (χ4v) is 2.41. The number of nitrogens with one attached hydrogen (secondary N) is 2. The van der Waals surface area contributed by atoms with Crippen LogP contribution in [0.4, 0.5) is 19.0 Å². The molecule has 0 saturated heterocycles. The predicted molar refractivity (Wildman–Crippen MR) is 90.9 cm³/mol. The van der Waals surface area contributed by atoms with Crippen molar-refractivity contribution in [3.05, 3.63) is 69.3 Å². The first kappa shape index (κ1) is 18.4. The van der Waals surface area contributed by atoms with E-state index in [9.17, 15) is 22.8 Å². The van der Waals surface area contributed by atoms with Crippen LogP contribution in [0.5, 0.6) is 0 Å². The minimum atomic E-state index is -4.48. The quantitative estimate of drug-likeness (QED) is 0.734. The highest BCUT2D eigenvalue weighted by Gasteiger charge is 2.30. The molecule has 3 aromatic rings. The number of anilines is 1. The second kappa shape index (κ2) is 6.71. The summed E-state index contributed by atoms with van der Waals surface area (Å²) in [6, 6.07) is 6.68. The number of benzene rings is 1. The Kier molecular flexibility index (Phi) is 4.56. The van der Waals surface area contributed by atoms with Crippen LogP contribution in [0.25, 0.3) is 5.95 Å². The lowest BCUT2D eigenvalue weighted by Gasteiger charge is -2.10. The molecule has 7 nitrogen and oxygen atoms in total. The summed E-state index contributed by atoms with van der Waals surface area (Å²) in [4.78, 5) is 30.7. The zero-order valence-electron chi connectivity index (χ0n) is 14.3. The van der Waals surface area contributed by atoms with Crippen molar-refractivity contribution in [2.75, 3.05) is 5.32 Å². The second-order valence-corrected chi connectivity index (χ2v) is 5.82. The lowest BCUT2D eigenvalue weighted by atomic mass is 10.1. The van der Waals surface area contributed by atoms with Gasteiger partial charge in [-0.2, -0.15) is 23.0 Å². The van der Waals surface area contributed by atoms with Crippen molar-refractivity contribution in [3.8, 4) is 5.95 Å². The summed E-state index contributed by atoms with van der Waals surface area (Å²) in [5, 5.41) is 6.74. The molecular weight excluding hydrogens is 363 g/mol. The van der Waals surface area contributed by atoms with Gasteiger partial charge in [-0.25, -0.2) is 4.98 Å². The Morgan fingerprint density at radius 1 is 1.11 bits per heavy atom. The van der Waals surface area contributed by atoms with Gasteiger partial charge in [0.05, 0.1) is 11.3 Å². The summed E-state index contributed by atoms with van der Waals surface area (Å²) in [5.74, 6) is -0.304. The van der Waals surface area contributed by atoms with E-state index in [2.05, 4.69) is 20.4 Å². The van der Waals surface area contributed by atoms with Crippen LogP contribution in [0, 0.1) is 13.8 Å². The van der Waals surface area contributed by atoms with Gasteiger partial charge in [0.1, 0.15) is 5.82 Å². The molecule has 0 aliphatic carbocycles. The number of aryl methyl sites for hydroxylation is 2. The minimum absolute atomic E-state index is 0.0408. The van der Waals surface area contributed by atoms with Gasteiger partial charge in [-0.1, -0.05) is 0 Å². The SMILES string of the molecule is Cc1cc(=O)[nH]c(-n2nc(C)cc2NC(=O)c2ccc(C(F)(F)F)cc2)n1. The number of aromatic nitrogens is 4.